The molecule has 0 saturated heterocycles. The predicted molar refractivity (Wildman–Crippen MR) is 56.2 cm³/mol. The van der Waals surface area contributed by atoms with Crippen LogP contribution in [0.25, 0.3) is 12.2 Å². The minimum absolute atomic E-state index is 0.251. The maximum Gasteiger partial charge on any atom is 0.406 e. The van der Waals surface area contributed by atoms with Crippen LogP contribution >= 0.6 is 0 Å². The van der Waals surface area contributed by atoms with E-state index in [-0.39, 0.29) is 6.98 Å². The van der Waals surface area contributed by atoms with Gasteiger partial charge in [-0.3, -0.25) is 0 Å². The summed E-state index contributed by atoms with van der Waals surface area (Å²) in [6.45, 7) is 0.251. The Kier molecular flexibility index (Phi) is 1.27. The van der Waals surface area contributed by atoms with Gasteiger partial charge in [0.05, 0.1) is 0 Å². The zero-order valence-electron chi connectivity index (χ0n) is 7.12. The van der Waals surface area contributed by atoms with Crippen molar-refractivity contribution in [2.45, 2.75) is 0 Å². The van der Waals surface area contributed by atoms with E-state index in [2.05, 4.69) is 40.8 Å². The summed E-state index contributed by atoms with van der Waals surface area (Å²) in [5.41, 5.74) is 3.96. The third-order valence-corrected chi connectivity index (χ3v) is 2.51. The average Bonchev–Trinajstić information content (AvgIpc) is 2.19. The standard InChI is InChI=1S/C10H9BN2/c1-2-8-4-6-12-11-10(8)9(3-1)5-7-13-11/h1-7,12-13H. The fraction of sp³-hybridized carbons (Fsp3) is 0. The van der Waals surface area contributed by atoms with Gasteiger partial charge in [0.25, 0.3) is 0 Å². The van der Waals surface area contributed by atoms with Crippen LogP contribution in [0.5, 0.6) is 0 Å². The van der Waals surface area contributed by atoms with Crippen LogP contribution in [0.3, 0.4) is 0 Å². The molecule has 62 valence electrons. The van der Waals surface area contributed by atoms with Crippen LogP contribution in [0, 0.1) is 0 Å². The van der Waals surface area contributed by atoms with Crippen molar-refractivity contribution < 1.29 is 0 Å². The summed E-state index contributed by atoms with van der Waals surface area (Å²) in [5.74, 6) is 0. The van der Waals surface area contributed by atoms with Crippen molar-refractivity contribution in [3.05, 3.63) is 41.7 Å². The monoisotopic (exact) mass is 168 g/mol. The largest absolute Gasteiger partial charge is 0.411 e. The van der Waals surface area contributed by atoms with Gasteiger partial charge >= 0.3 is 6.98 Å². The molecular formula is C10H9BN2. The quantitative estimate of drug-likeness (QED) is 0.552. The summed E-state index contributed by atoms with van der Waals surface area (Å²) in [4.78, 5) is 0. The first kappa shape index (κ1) is 6.84. The van der Waals surface area contributed by atoms with E-state index >= 15 is 0 Å². The molecule has 3 rings (SSSR count). The SMILES string of the molecule is C1=Cc2cccc3c2B(N1)NC=C3. The van der Waals surface area contributed by atoms with E-state index in [1.807, 2.05) is 12.4 Å². The molecule has 0 saturated carbocycles. The molecule has 0 atom stereocenters. The van der Waals surface area contributed by atoms with Crippen LogP contribution in [0.15, 0.2) is 30.6 Å². The molecule has 13 heavy (non-hydrogen) atoms. The summed E-state index contributed by atoms with van der Waals surface area (Å²) in [7, 11) is 0. The lowest BCUT2D eigenvalue weighted by Crippen LogP contribution is -2.57. The van der Waals surface area contributed by atoms with Gasteiger partial charge in [-0.15, -0.1) is 0 Å². The minimum Gasteiger partial charge on any atom is -0.411 e. The van der Waals surface area contributed by atoms with Crippen LogP contribution < -0.4 is 15.9 Å². The van der Waals surface area contributed by atoms with Crippen LogP contribution in [-0.4, -0.2) is 6.98 Å². The minimum atomic E-state index is 0.251. The summed E-state index contributed by atoms with van der Waals surface area (Å²) >= 11 is 0. The average molecular weight is 168 g/mol. The van der Waals surface area contributed by atoms with Crippen molar-refractivity contribution in [1.29, 1.82) is 0 Å². The van der Waals surface area contributed by atoms with Crippen LogP contribution in [0.1, 0.15) is 11.1 Å². The number of hydrogen-bond acceptors (Lipinski definition) is 2. The molecule has 0 fully saturated rings. The maximum atomic E-state index is 3.27. The first-order valence-corrected chi connectivity index (χ1v) is 4.43. The first-order chi connectivity index (χ1) is 6.45. The number of nitrogens with one attached hydrogen (secondary N) is 2. The second-order valence-electron chi connectivity index (χ2n) is 3.28. The van der Waals surface area contributed by atoms with Gasteiger partial charge in [0, 0.05) is 0 Å². The van der Waals surface area contributed by atoms with E-state index in [1.165, 1.54) is 16.6 Å². The molecule has 2 heterocycles. The van der Waals surface area contributed by atoms with Gasteiger partial charge in [-0.05, 0) is 41.1 Å². The summed E-state index contributed by atoms with van der Waals surface area (Å²) < 4.78 is 0. The van der Waals surface area contributed by atoms with Gasteiger partial charge in [-0.25, -0.2) is 0 Å². The second-order valence-corrected chi connectivity index (χ2v) is 3.28. The van der Waals surface area contributed by atoms with E-state index in [1.54, 1.807) is 0 Å². The molecule has 0 unspecified atom stereocenters. The van der Waals surface area contributed by atoms with Crippen LogP contribution in [-0.2, 0) is 0 Å². The Bertz CT molecular complexity index is 375. The van der Waals surface area contributed by atoms with Crippen molar-refractivity contribution in [3.63, 3.8) is 0 Å². The van der Waals surface area contributed by atoms with Crippen molar-refractivity contribution in [1.82, 2.24) is 10.5 Å². The molecule has 2 N–H and O–H groups in total. The third-order valence-electron chi connectivity index (χ3n) is 2.51. The lowest BCUT2D eigenvalue weighted by molar-refractivity contribution is 1.18. The van der Waals surface area contributed by atoms with Gasteiger partial charge in [0.1, 0.15) is 0 Å². The Balaban J connectivity index is 2.31. The highest BCUT2D eigenvalue weighted by atomic mass is 14.9. The summed E-state index contributed by atoms with van der Waals surface area (Å²) in [6, 6.07) is 6.38. The van der Waals surface area contributed by atoms with Crippen molar-refractivity contribution in [3.8, 4) is 0 Å². The highest BCUT2D eigenvalue weighted by Gasteiger charge is 2.25. The van der Waals surface area contributed by atoms with E-state index in [4.69, 9.17) is 0 Å². The maximum absolute atomic E-state index is 3.27. The fourth-order valence-corrected chi connectivity index (χ4v) is 1.91. The Morgan fingerprint density at radius 2 is 1.54 bits per heavy atom. The van der Waals surface area contributed by atoms with E-state index in [0.717, 1.165) is 0 Å². The number of benzene rings is 1. The molecule has 0 aliphatic carbocycles. The van der Waals surface area contributed by atoms with Crippen molar-refractivity contribution in [2.24, 2.45) is 0 Å². The predicted octanol–water partition coefficient (Wildman–Crippen LogP) is 0.530. The van der Waals surface area contributed by atoms with Gasteiger partial charge in [0.2, 0.25) is 0 Å². The molecule has 1 aromatic carbocycles. The van der Waals surface area contributed by atoms with Crippen LogP contribution in [0.2, 0.25) is 0 Å². The fourth-order valence-electron chi connectivity index (χ4n) is 1.91. The summed E-state index contributed by atoms with van der Waals surface area (Å²) in [5, 5.41) is 6.55. The second kappa shape index (κ2) is 2.42. The van der Waals surface area contributed by atoms with E-state index < -0.39 is 0 Å². The lowest BCUT2D eigenvalue weighted by Gasteiger charge is -2.24. The molecule has 2 aliphatic rings. The molecule has 0 radical (unpaired) electrons. The van der Waals surface area contributed by atoms with Gasteiger partial charge < -0.3 is 10.5 Å². The number of rotatable bonds is 0. The molecular weight excluding hydrogens is 159 g/mol. The Morgan fingerprint density at radius 1 is 0.923 bits per heavy atom. The van der Waals surface area contributed by atoms with Gasteiger partial charge in [-0.1, -0.05) is 18.2 Å². The van der Waals surface area contributed by atoms with Crippen molar-refractivity contribution >= 4 is 24.6 Å². The molecule has 2 nitrogen and oxygen atoms in total. The molecule has 0 spiro atoms. The van der Waals surface area contributed by atoms with Crippen molar-refractivity contribution in [2.75, 3.05) is 0 Å². The molecule has 2 aliphatic heterocycles. The van der Waals surface area contributed by atoms with E-state index in [9.17, 15) is 0 Å². The first-order valence-electron chi connectivity index (χ1n) is 4.43. The highest BCUT2D eigenvalue weighted by molar-refractivity contribution is 6.71. The third kappa shape index (κ3) is 0.901. The van der Waals surface area contributed by atoms with E-state index in [0.29, 0.717) is 0 Å². The van der Waals surface area contributed by atoms with Gasteiger partial charge in [0.15, 0.2) is 0 Å². The molecule has 0 bridgehead atoms. The molecule has 0 amide bonds. The smallest absolute Gasteiger partial charge is 0.406 e. The zero-order valence-corrected chi connectivity index (χ0v) is 7.12. The number of hydrogen-bond donors (Lipinski definition) is 2. The molecule has 3 heteroatoms. The topological polar surface area (TPSA) is 24.1 Å². The molecule has 0 aromatic heterocycles. The summed E-state index contributed by atoms with van der Waals surface area (Å²) in [6.07, 6.45) is 8.19. The van der Waals surface area contributed by atoms with Crippen LogP contribution in [0.4, 0.5) is 0 Å². The van der Waals surface area contributed by atoms with Gasteiger partial charge in [-0.2, -0.15) is 0 Å². The zero-order chi connectivity index (χ0) is 8.67. The lowest BCUT2D eigenvalue weighted by atomic mass is 9.61. The normalized spacial score (nSPS) is 16.2. The Labute approximate surface area is 77.5 Å². The highest BCUT2D eigenvalue weighted by Crippen LogP contribution is 2.11. The Morgan fingerprint density at radius 3 is 2.15 bits per heavy atom. The Hall–Kier alpha value is -1.64. The molecule has 1 aromatic rings.